The van der Waals surface area contributed by atoms with Crippen molar-refractivity contribution in [2.75, 3.05) is 6.54 Å². The second-order valence-electron chi connectivity index (χ2n) is 6.00. The molecule has 2 heteroatoms. The molecular weight excluding hydrogens is 196 g/mol. The Morgan fingerprint density at radius 2 is 2.06 bits per heavy atom. The van der Waals surface area contributed by atoms with Crippen LogP contribution in [-0.2, 0) is 0 Å². The first-order valence-electron chi connectivity index (χ1n) is 6.84. The van der Waals surface area contributed by atoms with Crippen molar-refractivity contribution in [3.8, 4) is 6.07 Å². The van der Waals surface area contributed by atoms with Crippen molar-refractivity contribution in [1.29, 1.82) is 5.26 Å². The second-order valence-corrected chi connectivity index (χ2v) is 6.00. The van der Waals surface area contributed by atoms with Gasteiger partial charge in [-0.15, -0.1) is 0 Å². The maximum absolute atomic E-state index is 9.58. The molecule has 0 radical (unpaired) electrons. The number of nitriles is 1. The molecule has 0 bridgehead atoms. The lowest BCUT2D eigenvalue weighted by Crippen LogP contribution is -2.54. The molecule has 0 aromatic rings. The quantitative estimate of drug-likeness (QED) is 0.790. The molecule has 2 aliphatic rings. The standard InChI is InChI=1S/C14H24N2/c1-11(2)13-5-3-4-8-14(13,10-15)16-9-12-6-7-12/h11-13,16H,3-9H2,1-2H3. The van der Waals surface area contributed by atoms with Crippen molar-refractivity contribution in [1.82, 2.24) is 5.32 Å². The minimum Gasteiger partial charge on any atom is -0.299 e. The molecule has 2 saturated carbocycles. The minimum absolute atomic E-state index is 0.213. The Hall–Kier alpha value is -0.550. The molecule has 2 nitrogen and oxygen atoms in total. The van der Waals surface area contributed by atoms with Gasteiger partial charge in [-0.05, 0) is 50.0 Å². The van der Waals surface area contributed by atoms with Gasteiger partial charge in [-0.3, -0.25) is 5.32 Å². The van der Waals surface area contributed by atoms with Gasteiger partial charge in [0, 0.05) is 0 Å². The van der Waals surface area contributed by atoms with Crippen LogP contribution in [0.4, 0.5) is 0 Å². The van der Waals surface area contributed by atoms with Crippen molar-refractivity contribution < 1.29 is 0 Å². The van der Waals surface area contributed by atoms with Gasteiger partial charge >= 0.3 is 0 Å². The smallest absolute Gasteiger partial charge is 0.109 e. The van der Waals surface area contributed by atoms with Gasteiger partial charge in [0.1, 0.15) is 5.54 Å². The summed E-state index contributed by atoms with van der Waals surface area (Å²) in [5.41, 5.74) is -0.213. The van der Waals surface area contributed by atoms with Crippen LogP contribution in [0, 0.1) is 29.1 Å². The predicted octanol–water partition coefficient (Wildman–Crippen LogP) is 3.09. The summed E-state index contributed by atoms with van der Waals surface area (Å²) in [6.07, 6.45) is 7.52. The van der Waals surface area contributed by atoms with Crippen LogP contribution in [0.25, 0.3) is 0 Å². The van der Waals surface area contributed by atoms with E-state index in [1.165, 1.54) is 32.1 Å². The second kappa shape index (κ2) is 4.75. The van der Waals surface area contributed by atoms with Gasteiger partial charge in [0.25, 0.3) is 0 Å². The molecule has 0 aromatic carbocycles. The Kier molecular flexibility index (Phi) is 3.54. The zero-order chi connectivity index (χ0) is 11.6. The van der Waals surface area contributed by atoms with Crippen molar-refractivity contribution in [3.63, 3.8) is 0 Å². The van der Waals surface area contributed by atoms with E-state index >= 15 is 0 Å². The third-order valence-corrected chi connectivity index (χ3v) is 4.38. The normalized spacial score (nSPS) is 35.0. The fourth-order valence-corrected chi connectivity index (χ4v) is 3.15. The lowest BCUT2D eigenvalue weighted by molar-refractivity contribution is 0.149. The van der Waals surface area contributed by atoms with Crippen LogP contribution in [0.5, 0.6) is 0 Å². The highest BCUT2D eigenvalue weighted by molar-refractivity contribution is 5.13. The summed E-state index contributed by atoms with van der Waals surface area (Å²) in [7, 11) is 0. The molecule has 2 rings (SSSR count). The van der Waals surface area contributed by atoms with Crippen molar-refractivity contribution in [2.24, 2.45) is 17.8 Å². The van der Waals surface area contributed by atoms with Crippen molar-refractivity contribution in [2.45, 2.75) is 57.9 Å². The lowest BCUT2D eigenvalue weighted by atomic mass is 9.68. The SMILES string of the molecule is CC(C)C1CCCCC1(C#N)NCC1CC1. The van der Waals surface area contributed by atoms with Gasteiger partial charge in [-0.2, -0.15) is 5.26 Å². The maximum atomic E-state index is 9.58. The monoisotopic (exact) mass is 220 g/mol. The largest absolute Gasteiger partial charge is 0.299 e. The van der Waals surface area contributed by atoms with E-state index in [-0.39, 0.29) is 5.54 Å². The topological polar surface area (TPSA) is 35.8 Å². The first-order valence-corrected chi connectivity index (χ1v) is 6.84. The van der Waals surface area contributed by atoms with E-state index in [1.807, 2.05) is 0 Å². The van der Waals surface area contributed by atoms with Crippen LogP contribution in [-0.4, -0.2) is 12.1 Å². The van der Waals surface area contributed by atoms with E-state index in [9.17, 15) is 5.26 Å². The van der Waals surface area contributed by atoms with Crippen LogP contribution in [0.15, 0.2) is 0 Å². The first kappa shape index (κ1) is 11.9. The van der Waals surface area contributed by atoms with E-state index < -0.39 is 0 Å². The first-order chi connectivity index (χ1) is 7.68. The van der Waals surface area contributed by atoms with E-state index in [2.05, 4.69) is 25.2 Å². The van der Waals surface area contributed by atoms with Gasteiger partial charge in [0.05, 0.1) is 6.07 Å². The summed E-state index contributed by atoms with van der Waals surface area (Å²) in [5.74, 6) is 2.02. The molecule has 2 aliphatic carbocycles. The third-order valence-electron chi connectivity index (χ3n) is 4.38. The van der Waals surface area contributed by atoms with E-state index in [1.54, 1.807) is 0 Å². The number of hydrogen-bond acceptors (Lipinski definition) is 2. The summed E-state index contributed by atoms with van der Waals surface area (Å²) in [4.78, 5) is 0. The summed E-state index contributed by atoms with van der Waals surface area (Å²) in [5, 5.41) is 13.2. The molecule has 1 N–H and O–H groups in total. The van der Waals surface area contributed by atoms with Crippen LogP contribution in [0.1, 0.15) is 52.4 Å². The molecule has 0 spiro atoms. The fourth-order valence-electron chi connectivity index (χ4n) is 3.15. The van der Waals surface area contributed by atoms with E-state index in [0.29, 0.717) is 11.8 Å². The molecule has 2 fully saturated rings. The number of hydrogen-bond donors (Lipinski definition) is 1. The highest BCUT2D eigenvalue weighted by Gasteiger charge is 2.42. The summed E-state index contributed by atoms with van der Waals surface area (Å²) >= 11 is 0. The fraction of sp³-hybridized carbons (Fsp3) is 0.929. The Morgan fingerprint density at radius 1 is 1.31 bits per heavy atom. The van der Waals surface area contributed by atoms with Crippen molar-refractivity contribution in [3.05, 3.63) is 0 Å². The molecule has 0 heterocycles. The third kappa shape index (κ3) is 2.40. The van der Waals surface area contributed by atoms with Gasteiger partial charge in [-0.1, -0.05) is 26.7 Å². The van der Waals surface area contributed by atoms with E-state index in [0.717, 1.165) is 18.9 Å². The van der Waals surface area contributed by atoms with Crippen LogP contribution < -0.4 is 5.32 Å². The molecule has 0 saturated heterocycles. The molecule has 16 heavy (non-hydrogen) atoms. The molecule has 0 aromatic heterocycles. The zero-order valence-corrected chi connectivity index (χ0v) is 10.6. The zero-order valence-electron chi connectivity index (χ0n) is 10.6. The van der Waals surface area contributed by atoms with Crippen LogP contribution in [0.2, 0.25) is 0 Å². The van der Waals surface area contributed by atoms with Gasteiger partial charge < -0.3 is 0 Å². The molecule has 2 unspecified atom stereocenters. The molecule has 0 amide bonds. The lowest BCUT2D eigenvalue weighted by Gasteiger charge is -2.42. The van der Waals surface area contributed by atoms with Gasteiger partial charge in [-0.25, -0.2) is 0 Å². The average molecular weight is 220 g/mol. The Labute approximate surface area is 99.4 Å². The average Bonchev–Trinajstić information content (AvgIpc) is 3.10. The molecule has 90 valence electrons. The van der Waals surface area contributed by atoms with Crippen molar-refractivity contribution >= 4 is 0 Å². The maximum Gasteiger partial charge on any atom is 0.109 e. The molecule has 0 aliphatic heterocycles. The van der Waals surface area contributed by atoms with Crippen LogP contribution in [0.3, 0.4) is 0 Å². The Morgan fingerprint density at radius 3 is 2.62 bits per heavy atom. The minimum atomic E-state index is -0.213. The Balaban J connectivity index is 2.04. The predicted molar refractivity (Wildman–Crippen MR) is 65.9 cm³/mol. The van der Waals surface area contributed by atoms with E-state index in [4.69, 9.17) is 0 Å². The summed E-state index contributed by atoms with van der Waals surface area (Å²) < 4.78 is 0. The van der Waals surface area contributed by atoms with Gasteiger partial charge in [0.2, 0.25) is 0 Å². The van der Waals surface area contributed by atoms with Crippen LogP contribution >= 0.6 is 0 Å². The molecular formula is C14H24N2. The van der Waals surface area contributed by atoms with Gasteiger partial charge in [0.15, 0.2) is 0 Å². The number of rotatable bonds is 4. The highest BCUT2D eigenvalue weighted by atomic mass is 15.0. The summed E-state index contributed by atoms with van der Waals surface area (Å²) in [6.45, 7) is 5.60. The summed E-state index contributed by atoms with van der Waals surface area (Å²) in [6, 6.07) is 2.62. The number of nitrogens with zero attached hydrogens (tertiary/aromatic N) is 1. The molecule has 2 atom stereocenters. The Bertz CT molecular complexity index is 275. The highest BCUT2D eigenvalue weighted by Crippen LogP contribution is 2.39. The number of nitrogens with one attached hydrogen (secondary N) is 1.